The van der Waals surface area contributed by atoms with Crippen LogP contribution in [0.1, 0.15) is 23.7 Å². The average Bonchev–Trinajstić information content (AvgIpc) is 3.41. The maximum Gasteiger partial charge on any atom is 0.182 e. The molecule has 0 fully saturated rings. The van der Waals surface area contributed by atoms with Gasteiger partial charge in [0.25, 0.3) is 0 Å². The molecule has 0 aliphatic rings. The van der Waals surface area contributed by atoms with E-state index in [2.05, 4.69) is 34.4 Å². The van der Waals surface area contributed by atoms with E-state index in [0.717, 1.165) is 40.6 Å². The smallest absolute Gasteiger partial charge is 0.182 e. The number of aryl methyl sites for hydroxylation is 1. The Hall–Kier alpha value is -3.45. The van der Waals surface area contributed by atoms with E-state index in [-0.39, 0.29) is 0 Å². The zero-order chi connectivity index (χ0) is 20.8. The number of hydrogen-bond donors (Lipinski definition) is 0. The Morgan fingerprint density at radius 2 is 1.73 bits per heavy atom. The highest BCUT2D eigenvalue weighted by Gasteiger charge is 2.15. The van der Waals surface area contributed by atoms with Crippen LogP contribution in [0.3, 0.4) is 0 Å². The van der Waals surface area contributed by atoms with Gasteiger partial charge in [0.2, 0.25) is 0 Å². The van der Waals surface area contributed by atoms with Crippen molar-refractivity contribution in [2.24, 2.45) is 0 Å². The van der Waals surface area contributed by atoms with Gasteiger partial charge in [-0.3, -0.25) is 4.68 Å². The number of nitrogens with zero attached hydrogens (tertiary/aromatic N) is 5. The molecule has 2 aromatic heterocycles. The second kappa shape index (κ2) is 9.37. The highest BCUT2D eigenvalue weighted by Crippen LogP contribution is 2.21. The standard InChI is InChI=1S/C23H25N5O2/c1-3-28-22(13-20(26-28)16-30-15-19-7-5-4-6-8-19)23-25-24-17-27(23)14-18-9-11-21(29-2)12-10-18/h4-13,17H,3,14-16H2,1-2H3. The lowest BCUT2D eigenvalue weighted by Gasteiger charge is -2.08. The number of benzene rings is 2. The van der Waals surface area contributed by atoms with Gasteiger partial charge in [-0.15, -0.1) is 10.2 Å². The summed E-state index contributed by atoms with van der Waals surface area (Å²) >= 11 is 0. The summed E-state index contributed by atoms with van der Waals surface area (Å²) in [4.78, 5) is 0. The quantitative estimate of drug-likeness (QED) is 0.424. The minimum atomic E-state index is 0.446. The van der Waals surface area contributed by atoms with Crippen LogP contribution >= 0.6 is 0 Å². The predicted molar refractivity (Wildman–Crippen MR) is 114 cm³/mol. The van der Waals surface area contributed by atoms with Crippen LogP contribution in [0.25, 0.3) is 11.5 Å². The van der Waals surface area contributed by atoms with Crippen molar-refractivity contribution in [3.8, 4) is 17.3 Å². The molecule has 0 radical (unpaired) electrons. The molecule has 0 saturated heterocycles. The van der Waals surface area contributed by atoms with Crippen LogP contribution in [-0.4, -0.2) is 31.7 Å². The maximum atomic E-state index is 5.85. The summed E-state index contributed by atoms with van der Waals surface area (Å²) in [6.07, 6.45) is 1.75. The molecule has 7 heteroatoms. The zero-order valence-corrected chi connectivity index (χ0v) is 17.2. The van der Waals surface area contributed by atoms with Crippen LogP contribution in [0.2, 0.25) is 0 Å². The summed E-state index contributed by atoms with van der Waals surface area (Å²) < 4.78 is 15.1. The first-order valence-corrected chi connectivity index (χ1v) is 9.96. The van der Waals surface area contributed by atoms with Gasteiger partial charge in [-0.05, 0) is 36.2 Å². The largest absolute Gasteiger partial charge is 0.497 e. The fraction of sp³-hybridized carbons (Fsp3) is 0.261. The maximum absolute atomic E-state index is 5.85. The number of methoxy groups -OCH3 is 1. The lowest BCUT2D eigenvalue weighted by Crippen LogP contribution is -2.06. The first kappa shape index (κ1) is 19.8. The molecule has 0 amide bonds. The molecule has 4 rings (SSSR count). The van der Waals surface area contributed by atoms with Crippen molar-refractivity contribution in [2.45, 2.75) is 33.2 Å². The monoisotopic (exact) mass is 403 g/mol. The van der Waals surface area contributed by atoms with E-state index in [0.29, 0.717) is 19.8 Å². The van der Waals surface area contributed by atoms with Crippen LogP contribution in [-0.2, 0) is 31.0 Å². The van der Waals surface area contributed by atoms with Crippen LogP contribution in [0.5, 0.6) is 5.75 Å². The Labute approximate surface area is 175 Å². The van der Waals surface area contributed by atoms with Crippen molar-refractivity contribution in [1.82, 2.24) is 24.5 Å². The second-order valence-electron chi connectivity index (χ2n) is 6.95. The molecule has 154 valence electrons. The molecule has 30 heavy (non-hydrogen) atoms. The van der Waals surface area contributed by atoms with E-state index in [1.54, 1.807) is 13.4 Å². The van der Waals surface area contributed by atoms with Crippen molar-refractivity contribution in [2.75, 3.05) is 7.11 Å². The van der Waals surface area contributed by atoms with Crippen molar-refractivity contribution in [3.63, 3.8) is 0 Å². The third-order valence-electron chi connectivity index (χ3n) is 4.85. The van der Waals surface area contributed by atoms with Crippen molar-refractivity contribution < 1.29 is 9.47 Å². The van der Waals surface area contributed by atoms with E-state index < -0.39 is 0 Å². The molecular formula is C23H25N5O2. The highest BCUT2D eigenvalue weighted by molar-refractivity contribution is 5.51. The van der Waals surface area contributed by atoms with E-state index in [1.165, 1.54) is 0 Å². The van der Waals surface area contributed by atoms with Crippen molar-refractivity contribution in [1.29, 1.82) is 0 Å². The van der Waals surface area contributed by atoms with Gasteiger partial charge in [0.15, 0.2) is 5.82 Å². The predicted octanol–water partition coefficient (Wildman–Crippen LogP) is 3.94. The van der Waals surface area contributed by atoms with Crippen LogP contribution in [0.4, 0.5) is 0 Å². The minimum Gasteiger partial charge on any atom is -0.497 e. The molecule has 0 spiro atoms. The Kier molecular flexibility index (Phi) is 6.20. The lowest BCUT2D eigenvalue weighted by molar-refractivity contribution is 0.104. The summed E-state index contributed by atoms with van der Waals surface area (Å²) in [6.45, 7) is 4.48. The van der Waals surface area contributed by atoms with Gasteiger partial charge in [0.05, 0.1) is 32.6 Å². The van der Waals surface area contributed by atoms with Gasteiger partial charge in [-0.1, -0.05) is 42.5 Å². The molecular weight excluding hydrogens is 378 g/mol. The van der Waals surface area contributed by atoms with E-state index in [9.17, 15) is 0 Å². The fourth-order valence-corrected chi connectivity index (χ4v) is 3.31. The number of hydrogen-bond acceptors (Lipinski definition) is 5. The molecule has 0 atom stereocenters. The number of rotatable bonds is 9. The van der Waals surface area contributed by atoms with Crippen LogP contribution in [0, 0.1) is 0 Å². The molecule has 0 saturated carbocycles. The van der Waals surface area contributed by atoms with E-state index in [4.69, 9.17) is 9.47 Å². The highest BCUT2D eigenvalue weighted by atomic mass is 16.5. The van der Waals surface area contributed by atoms with Gasteiger partial charge in [-0.25, -0.2) is 0 Å². The second-order valence-corrected chi connectivity index (χ2v) is 6.95. The molecule has 2 aromatic carbocycles. The molecule has 0 bridgehead atoms. The molecule has 7 nitrogen and oxygen atoms in total. The van der Waals surface area contributed by atoms with Gasteiger partial charge >= 0.3 is 0 Å². The number of aromatic nitrogens is 5. The first-order chi connectivity index (χ1) is 14.8. The SMILES string of the molecule is CCn1nc(COCc2ccccc2)cc1-c1nncn1Cc1ccc(OC)cc1. The summed E-state index contributed by atoms with van der Waals surface area (Å²) in [5, 5.41) is 13.2. The van der Waals surface area contributed by atoms with Crippen molar-refractivity contribution in [3.05, 3.63) is 83.8 Å². The van der Waals surface area contributed by atoms with Crippen LogP contribution < -0.4 is 4.74 Å². The first-order valence-electron chi connectivity index (χ1n) is 9.96. The van der Waals surface area contributed by atoms with Gasteiger partial charge < -0.3 is 14.0 Å². The topological polar surface area (TPSA) is 67.0 Å². The Morgan fingerprint density at radius 1 is 0.933 bits per heavy atom. The minimum absolute atomic E-state index is 0.446. The van der Waals surface area contributed by atoms with E-state index >= 15 is 0 Å². The summed E-state index contributed by atoms with van der Waals surface area (Å²) in [5.41, 5.74) is 4.10. The molecule has 4 aromatic rings. The summed E-state index contributed by atoms with van der Waals surface area (Å²) in [6, 6.07) is 20.2. The molecule has 0 aliphatic heterocycles. The zero-order valence-electron chi connectivity index (χ0n) is 17.2. The normalized spacial score (nSPS) is 11.0. The summed E-state index contributed by atoms with van der Waals surface area (Å²) in [5.74, 6) is 1.63. The third-order valence-corrected chi connectivity index (χ3v) is 4.85. The Bertz CT molecular complexity index is 1070. The van der Waals surface area contributed by atoms with E-state index in [1.807, 2.05) is 57.8 Å². The molecule has 0 aliphatic carbocycles. The van der Waals surface area contributed by atoms with Crippen LogP contribution in [0.15, 0.2) is 67.0 Å². The summed E-state index contributed by atoms with van der Waals surface area (Å²) in [7, 11) is 1.67. The molecule has 2 heterocycles. The number of ether oxygens (including phenoxy) is 2. The van der Waals surface area contributed by atoms with Crippen molar-refractivity contribution >= 4 is 0 Å². The lowest BCUT2D eigenvalue weighted by atomic mass is 10.2. The molecule has 0 N–H and O–H groups in total. The third kappa shape index (κ3) is 4.58. The fourth-order valence-electron chi connectivity index (χ4n) is 3.31. The average molecular weight is 403 g/mol. The van der Waals surface area contributed by atoms with Gasteiger partial charge in [0.1, 0.15) is 17.8 Å². The molecule has 0 unspecified atom stereocenters. The van der Waals surface area contributed by atoms with Gasteiger partial charge in [0, 0.05) is 6.54 Å². The van der Waals surface area contributed by atoms with Gasteiger partial charge in [-0.2, -0.15) is 5.10 Å². The Balaban J connectivity index is 1.49. The Morgan fingerprint density at radius 3 is 2.47 bits per heavy atom.